The molecule has 2 fully saturated rings. The molecule has 118 valence electrons. The summed E-state index contributed by atoms with van der Waals surface area (Å²) >= 11 is 1.31. The molecule has 3 rings (SSSR count). The first-order valence-electron chi connectivity index (χ1n) is 7.67. The molecule has 2 bridgehead atoms. The number of rotatable bonds is 3. The lowest BCUT2D eigenvalue weighted by Gasteiger charge is -2.40. The van der Waals surface area contributed by atoms with Crippen molar-refractivity contribution >= 4 is 22.8 Å². The highest BCUT2D eigenvalue weighted by molar-refractivity contribution is 8.14. The quantitative estimate of drug-likeness (QED) is 0.801. The number of esters is 1. The minimum absolute atomic E-state index is 0.00820. The molecule has 2 saturated heterocycles. The topological polar surface area (TPSA) is 46.6 Å². The number of fused-ring (bicyclic) bond motifs is 2. The number of ether oxygens (including phenoxy) is 1. The van der Waals surface area contributed by atoms with Crippen LogP contribution in [-0.2, 0) is 9.53 Å². The molecule has 1 aromatic carbocycles. The Hall–Kier alpha value is -1.33. The van der Waals surface area contributed by atoms with Crippen LogP contribution in [0.2, 0.25) is 0 Å². The second-order valence-corrected chi connectivity index (χ2v) is 7.27. The Kier molecular flexibility index (Phi) is 4.54. The Bertz CT molecular complexity index is 562. The minimum atomic E-state index is -0.216. The van der Waals surface area contributed by atoms with E-state index in [9.17, 15) is 9.59 Å². The van der Waals surface area contributed by atoms with E-state index in [0.717, 1.165) is 19.3 Å². The molecule has 2 aliphatic rings. The van der Waals surface area contributed by atoms with E-state index in [1.54, 1.807) is 0 Å². The van der Waals surface area contributed by atoms with Crippen molar-refractivity contribution in [2.24, 2.45) is 5.92 Å². The van der Waals surface area contributed by atoms with Gasteiger partial charge in [-0.25, -0.2) is 0 Å². The van der Waals surface area contributed by atoms with E-state index >= 15 is 0 Å². The maximum Gasteiger partial charge on any atom is 0.311 e. The van der Waals surface area contributed by atoms with Gasteiger partial charge in [-0.15, -0.1) is 0 Å². The van der Waals surface area contributed by atoms with E-state index in [1.807, 2.05) is 30.3 Å². The first kappa shape index (κ1) is 15.6. The molecular weight excluding hydrogens is 298 g/mol. The number of benzene rings is 1. The van der Waals surface area contributed by atoms with Gasteiger partial charge < -0.3 is 4.74 Å². The maximum absolute atomic E-state index is 12.5. The van der Waals surface area contributed by atoms with Crippen molar-refractivity contribution in [2.75, 3.05) is 14.2 Å². The van der Waals surface area contributed by atoms with E-state index in [0.29, 0.717) is 11.6 Å². The second kappa shape index (κ2) is 6.42. The first-order chi connectivity index (χ1) is 10.6. The SMILES string of the molecule is COC(=O)[C@@H]1[C@H]2CC[C@@H](C[C@H]1SC(=O)c1ccccc1)N2C. The highest BCUT2D eigenvalue weighted by atomic mass is 32.2. The Balaban J connectivity index is 1.79. The van der Waals surface area contributed by atoms with Crippen LogP contribution in [0, 0.1) is 5.92 Å². The molecule has 0 aromatic heterocycles. The summed E-state index contributed by atoms with van der Waals surface area (Å²) in [4.78, 5) is 27.0. The average molecular weight is 319 g/mol. The van der Waals surface area contributed by atoms with Gasteiger partial charge in [-0.1, -0.05) is 42.1 Å². The third kappa shape index (κ3) is 2.79. The largest absolute Gasteiger partial charge is 0.469 e. The molecule has 0 saturated carbocycles. The molecule has 22 heavy (non-hydrogen) atoms. The molecule has 2 heterocycles. The van der Waals surface area contributed by atoms with E-state index < -0.39 is 0 Å². The van der Waals surface area contributed by atoms with Crippen LogP contribution in [0.4, 0.5) is 0 Å². The number of thioether (sulfide) groups is 1. The summed E-state index contributed by atoms with van der Waals surface area (Å²) in [6, 6.07) is 9.96. The van der Waals surface area contributed by atoms with Crippen LogP contribution in [-0.4, -0.2) is 47.5 Å². The van der Waals surface area contributed by atoms with Crippen LogP contribution in [0.3, 0.4) is 0 Å². The molecule has 1 aromatic rings. The van der Waals surface area contributed by atoms with Crippen molar-refractivity contribution < 1.29 is 14.3 Å². The molecule has 4 nitrogen and oxygen atoms in total. The summed E-state index contributed by atoms with van der Waals surface area (Å²) in [6.07, 6.45) is 2.98. The molecule has 0 spiro atoms. The monoisotopic (exact) mass is 319 g/mol. The van der Waals surface area contributed by atoms with Crippen molar-refractivity contribution in [2.45, 2.75) is 36.6 Å². The number of carbonyl (C=O) groups is 2. The van der Waals surface area contributed by atoms with Crippen LogP contribution < -0.4 is 0 Å². The van der Waals surface area contributed by atoms with Crippen molar-refractivity contribution in [3.8, 4) is 0 Å². The highest BCUT2D eigenvalue weighted by Gasteiger charge is 2.50. The predicted molar refractivity (Wildman–Crippen MR) is 86.8 cm³/mol. The van der Waals surface area contributed by atoms with Crippen LogP contribution >= 0.6 is 11.8 Å². The van der Waals surface area contributed by atoms with Gasteiger partial charge in [0.2, 0.25) is 5.12 Å². The standard InChI is InChI=1S/C17H21NO3S/c1-18-12-8-9-13(18)15(16(19)21-2)14(10-12)22-17(20)11-6-4-3-5-7-11/h3-7,12-15H,8-10H2,1-2H3/t12-,13+,14+,15+/m0/s1. The van der Waals surface area contributed by atoms with Gasteiger partial charge in [0.15, 0.2) is 0 Å². The molecule has 2 aliphatic heterocycles. The fourth-order valence-corrected chi connectivity index (χ4v) is 5.07. The molecule has 0 aliphatic carbocycles. The highest BCUT2D eigenvalue weighted by Crippen LogP contribution is 2.44. The van der Waals surface area contributed by atoms with Gasteiger partial charge in [-0.05, 0) is 26.3 Å². The summed E-state index contributed by atoms with van der Waals surface area (Å²) in [7, 11) is 3.52. The molecule has 0 radical (unpaired) electrons. The molecule has 0 N–H and O–H groups in total. The fraction of sp³-hybridized carbons (Fsp3) is 0.529. The third-order valence-corrected chi connectivity index (χ3v) is 6.19. The number of hydrogen-bond donors (Lipinski definition) is 0. The van der Waals surface area contributed by atoms with E-state index in [1.165, 1.54) is 18.9 Å². The smallest absolute Gasteiger partial charge is 0.311 e. The van der Waals surface area contributed by atoms with Crippen LogP contribution in [0.25, 0.3) is 0 Å². The lowest BCUT2D eigenvalue weighted by molar-refractivity contribution is -0.148. The Morgan fingerprint density at radius 3 is 2.64 bits per heavy atom. The van der Waals surface area contributed by atoms with Gasteiger partial charge in [-0.2, -0.15) is 0 Å². The molecule has 4 atom stereocenters. The molecule has 0 unspecified atom stereocenters. The molecule has 5 heteroatoms. The summed E-state index contributed by atoms with van der Waals surface area (Å²) in [5.74, 6) is -0.401. The number of piperidine rings is 1. The summed E-state index contributed by atoms with van der Waals surface area (Å²) in [6.45, 7) is 0. The Morgan fingerprint density at radius 2 is 1.95 bits per heavy atom. The van der Waals surface area contributed by atoms with Gasteiger partial charge in [-0.3, -0.25) is 14.5 Å². The summed E-state index contributed by atoms with van der Waals surface area (Å²) in [5.41, 5.74) is 0.697. The Morgan fingerprint density at radius 1 is 1.23 bits per heavy atom. The van der Waals surface area contributed by atoms with E-state index in [-0.39, 0.29) is 28.3 Å². The van der Waals surface area contributed by atoms with Crippen LogP contribution in [0.1, 0.15) is 29.6 Å². The first-order valence-corrected chi connectivity index (χ1v) is 8.55. The zero-order chi connectivity index (χ0) is 15.7. The van der Waals surface area contributed by atoms with Gasteiger partial charge in [0.05, 0.1) is 13.0 Å². The lowest BCUT2D eigenvalue weighted by atomic mass is 9.90. The van der Waals surface area contributed by atoms with Crippen molar-refractivity contribution in [3.63, 3.8) is 0 Å². The second-order valence-electron chi connectivity index (χ2n) is 6.06. The fourth-order valence-electron chi connectivity index (χ4n) is 3.77. The maximum atomic E-state index is 12.5. The van der Waals surface area contributed by atoms with Crippen LogP contribution in [0.15, 0.2) is 30.3 Å². The molecule has 0 amide bonds. The number of methoxy groups -OCH3 is 1. The van der Waals surface area contributed by atoms with Gasteiger partial charge in [0.25, 0.3) is 0 Å². The average Bonchev–Trinajstić information content (AvgIpc) is 2.78. The van der Waals surface area contributed by atoms with Crippen molar-refractivity contribution in [1.29, 1.82) is 0 Å². The Labute approximate surface area is 135 Å². The summed E-state index contributed by atoms with van der Waals surface area (Å²) in [5, 5.41) is 0.0531. The minimum Gasteiger partial charge on any atom is -0.469 e. The van der Waals surface area contributed by atoms with Gasteiger partial charge >= 0.3 is 5.97 Å². The normalized spacial score (nSPS) is 31.0. The van der Waals surface area contributed by atoms with Gasteiger partial charge in [0.1, 0.15) is 0 Å². The lowest BCUT2D eigenvalue weighted by Crippen LogP contribution is -2.51. The summed E-state index contributed by atoms with van der Waals surface area (Å²) < 4.78 is 5.02. The van der Waals surface area contributed by atoms with E-state index in [2.05, 4.69) is 11.9 Å². The van der Waals surface area contributed by atoms with Crippen LogP contribution in [0.5, 0.6) is 0 Å². The van der Waals surface area contributed by atoms with Crippen molar-refractivity contribution in [1.82, 2.24) is 4.90 Å². The third-order valence-electron chi connectivity index (χ3n) is 4.96. The number of carbonyl (C=O) groups excluding carboxylic acids is 2. The zero-order valence-corrected chi connectivity index (χ0v) is 13.7. The zero-order valence-electron chi connectivity index (χ0n) is 12.9. The van der Waals surface area contributed by atoms with E-state index in [4.69, 9.17) is 4.74 Å². The van der Waals surface area contributed by atoms with Gasteiger partial charge in [0, 0.05) is 22.9 Å². The number of hydrogen-bond acceptors (Lipinski definition) is 5. The van der Waals surface area contributed by atoms with Crippen molar-refractivity contribution in [3.05, 3.63) is 35.9 Å². The molecular formula is C17H21NO3S. The predicted octanol–water partition coefficient (Wildman–Crippen LogP) is 2.58. The number of nitrogens with zero attached hydrogens (tertiary/aromatic N) is 1.